The van der Waals surface area contributed by atoms with Gasteiger partial charge >= 0.3 is 0 Å². The maximum Gasteiger partial charge on any atom is -0.0146 e. The summed E-state index contributed by atoms with van der Waals surface area (Å²) in [6.07, 6.45) is 7.54. The van der Waals surface area contributed by atoms with Crippen molar-refractivity contribution < 1.29 is 0 Å². The largest absolute Gasteiger partial charge is 0.0613 e. The van der Waals surface area contributed by atoms with E-state index >= 15 is 0 Å². The molecule has 0 aliphatic carbocycles. The molecule has 0 N–H and O–H groups in total. The van der Waals surface area contributed by atoms with Gasteiger partial charge < -0.3 is 0 Å². The highest BCUT2D eigenvalue weighted by Crippen LogP contribution is 2.38. The van der Waals surface area contributed by atoms with Crippen molar-refractivity contribution in [3.8, 4) is 134 Å². The third-order valence-electron chi connectivity index (χ3n) is 25.9. The Morgan fingerprint density at radius 3 is 0.564 bits per heavy atom. The van der Waals surface area contributed by atoms with E-state index in [-0.39, 0.29) is 0 Å². The number of hydrogen-bond acceptors (Lipinski definition) is 0. The Bertz CT molecular complexity index is 6780. The molecule has 0 aliphatic rings. The SMILES string of the molecule is CCc1ccc(-c2cc(-c3ccc(C)cc3)ccc2C)cc1.CCc1ccc(-c2cc(-c3ccc(C)cc3)ccc2CC)cc1.CCc1ccc(-c2ccc(C)c(-c3ccc(C)cc3)c2)cc1.CCc1ccc(-c2ccc(CC)c(-c3ccc(C)cc3)c2)cc1.CCc1ccc(-c2cccc(-c3ccc(C)cc3C)c2)cc1.Cc1ccc(-c2cccc(-c3ccc(C)cc3C)c2)cc1. The molecule has 0 unspecified atom stereocenters. The highest BCUT2D eigenvalue weighted by atomic mass is 14.2. The van der Waals surface area contributed by atoms with E-state index in [1.165, 1.54) is 234 Å². The molecule has 0 atom stereocenters. The Morgan fingerprint density at radius 1 is 0.120 bits per heavy atom. The van der Waals surface area contributed by atoms with Crippen molar-refractivity contribution in [1.82, 2.24) is 0 Å². The molecule has 0 radical (unpaired) electrons. The summed E-state index contributed by atoms with van der Waals surface area (Å²) in [5.41, 5.74) is 55.3. The number of aryl methyl sites for hydroxylation is 18. The predicted molar refractivity (Wildman–Crippen MR) is 582 cm³/mol. The van der Waals surface area contributed by atoms with Crippen LogP contribution in [0.3, 0.4) is 0 Å². The first-order chi connectivity index (χ1) is 64.6. The van der Waals surface area contributed by atoms with Crippen LogP contribution in [0.2, 0.25) is 0 Å². The molecular weight excluding hydrogens is 1600 g/mol. The van der Waals surface area contributed by atoms with E-state index in [1.54, 1.807) is 0 Å². The average molecular weight is 1730 g/mol. The van der Waals surface area contributed by atoms with E-state index in [0.29, 0.717) is 0 Å². The third-order valence-corrected chi connectivity index (χ3v) is 25.9. The fraction of sp³-hybridized carbons (Fsp3) is 0.188. The molecule has 18 aromatic carbocycles. The van der Waals surface area contributed by atoms with Gasteiger partial charge in [-0.05, 0) is 352 Å². The minimum absolute atomic E-state index is 1.05. The van der Waals surface area contributed by atoms with Crippen LogP contribution in [-0.2, 0) is 44.9 Å². The van der Waals surface area contributed by atoms with Gasteiger partial charge in [0.2, 0.25) is 0 Å². The molecule has 0 aromatic heterocycles. The smallest absolute Gasteiger partial charge is 0.0146 e. The molecule has 0 saturated heterocycles. The Hall–Kier alpha value is -14.0. The van der Waals surface area contributed by atoms with Crippen molar-refractivity contribution in [3.05, 3.63) is 501 Å². The summed E-state index contributed by atoms with van der Waals surface area (Å²) in [4.78, 5) is 0. The van der Waals surface area contributed by atoms with Crippen LogP contribution in [-0.4, -0.2) is 0 Å². The number of rotatable bonds is 19. The molecule has 0 amide bonds. The Labute approximate surface area is 798 Å². The maximum atomic E-state index is 2.34. The molecule has 0 fully saturated rings. The molecule has 18 rings (SSSR count). The second kappa shape index (κ2) is 47.2. The van der Waals surface area contributed by atoms with Crippen LogP contribution in [0.4, 0.5) is 0 Å². The van der Waals surface area contributed by atoms with Gasteiger partial charge in [-0.1, -0.05) is 451 Å². The fourth-order valence-corrected chi connectivity index (χ4v) is 17.2. The van der Waals surface area contributed by atoms with Crippen molar-refractivity contribution >= 4 is 0 Å². The second-order valence-electron chi connectivity index (χ2n) is 35.9. The molecule has 0 aliphatic heterocycles. The lowest BCUT2D eigenvalue weighted by Crippen LogP contribution is -1.90. The zero-order valence-corrected chi connectivity index (χ0v) is 82.1. The predicted octanol–water partition coefficient (Wildman–Crippen LogP) is 37.5. The van der Waals surface area contributed by atoms with Gasteiger partial charge in [-0.3, -0.25) is 0 Å². The quantitative estimate of drug-likeness (QED) is 0.0757. The average Bonchev–Trinajstić information content (AvgIpc) is 0.865. The van der Waals surface area contributed by atoms with Crippen LogP contribution < -0.4 is 0 Å². The summed E-state index contributed by atoms with van der Waals surface area (Å²) in [7, 11) is 0. The molecular formula is C133H134. The molecule has 0 nitrogen and oxygen atoms in total. The lowest BCUT2D eigenvalue weighted by atomic mass is 9.92. The van der Waals surface area contributed by atoms with E-state index < -0.39 is 0 Å². The zero-order chi connectivity index (χ0) is 93.9. The summed E-state index contributed by atoms with van der Waals surface area (Å²) in [6.45, 7) is 39.1. The van der Waals surface area contributed by atoms with Crippen LogP contribution in [0, 0.1) is 76.2 Å². The van der Waals surface area contributed by atoms with Gasteiger partial charge in [-0.25, -0.2) is 0 Å². The van der Waals surface area contributed by atoms with Crippen LogP contribution in [0.15, 0.2) is 400 Å². The first-order valence-corrected chi connectivity index (χ1v) is 48.2. The van der Waals surface area contributed by atoms with Gasteiger partial charge in [-0.15, -0.1) is 0 Å². The lowest BCUT2D eigenvalue weighted by molar-refractivity contribution is 1.13. The van der Waals surface area contributed by atoms with E-state index in [2.05, 4.69) is 525 Å². The van der Waals surface area contributed by atoms with Gasteiger partial charge in [-0.2, -0.15) is 0 Å². The standard InChI is InChI=1S/2C23H24.3C22H22.C21H20/c1-4-18-8-12-20(13-9-18)22-15-14-19(5-2)23(16-22)21-10-6-17(3)7-11-21;1-4-18-8-12-21(13-9-18)23-16-22(15-14-19(23)5-2)20-10-6-17(3)7-11-20;1-4-18-8-13-19(14-9-18)21-12-7-17(3)22(15-21)20-10-5-16(2)6-11-20;1-4-18-8-13-20(14-9-18)22-15-21(12-7-17(22)3)19-10-5-16(2)6-11-19;1-4-18-9-11-19(12-10-18)20-6-5-7-21(15-20)22-13-8-16(2)14-17(22)3;1-15-7-10-18(11-8-15)19-5-4-6-20(14-19)21-12-9-16(2)13-17(21)3/h2*6-16H,4-5H2,1-3H3;3*5-15H,4H2,1-3H3;4-14H,1-3H3. The zero-order valence-electron chi connectivity index (χ0n) is 82.1. The normalized spacial score (nSPS) is 10.7. The van der Waals surface area contributed by atoms with Gasteiger partial charge in [0.05, 0.1) is 0 Å². The summed E-state index contributed by atoms with van der Waals surface area (Å²) in [6, 6.07) is 147. The maximum absolute atomic E-state index is 2.34. The van der Waals surface area contributed by atoms with Crippen molar-refractivity contribution in [3.63, 3.8) is 0 Å². The summed E-state index contributed by atoms with van der Waals surface area (Å²) < 4.78 is 0. The molecule has 18 aromatic rings. The molecule has 0 spiro atoms. The van der Waals surface area contributed by atoms with E-state index in [9.17, 15) is 0 Å². The van der Waals surface area contributed by atoms with Crippen molar-refractivity contribution in [2.45, 2.75) is 170 Å². The lowest BCUT2D eigenvalue weighted by Gasteiger charge is -2.12. The van der Waals surface area contributed by atoms with E-state index in [4.69, 9.17) is 0 Å². The highest BCUT2D eigenvalue weighted by Gasteiger charge is 2.15. The first kappa shape index (κ1) is 96.5. The van der Waals surface area contributed by atoms with E-state index in [0.717, 1.165) is 44.9 Å². The molecule has 0 heteroatoms. The fourth-order valence-electron chi connectivity index (χ4n) is 17.2. The van der Waals surface area contributed by atoms with Crippen LogP contribution >= 0.6 is 0 Å². The third kappa shape index (κ3) is 26.2. The number of hydrogen-bond donors (Lipinski definition) is 0. The van der Waals surface area contributed by atoms with Crippen LogP contribution in [0.25, 0.3) is 134 Å². The number of benzene rings is 18. The van der Waals surface area contributed by atoms with Gasteiger partial charge in [0.25, 0.3) is 0 Å². The molecule has 666 valence electrons. The first-order valence-electron chi connectivity index (χ1n) is 48.2. The van der Waals surface area contributed by atoms with Crippen molar-refractivity contribution in [2.24, 2.45) is 0 Å². The Kier molecular flexibility index (Phi) is 34.2. The second-order valence-corrected chi connectivity index (χ2v) is 35.9. The summed E-state index contributed by atoms with van der Waals surface area (Å²) in [5.74, 6) is 0. The van der Waals surface area contributed by atoms with Crippen LogP contribution in [0.5, 0.6) is 0 Å². The molecule has 0 bridgehead atoms. The minimum Gasteiger partial charge on any atom is -0.0613 e. The summed E-state index contributed by atoms with van der Waals surface area (Å²) >= 11 is 0. The Morgan fingerprint density at radius 2 is 0.316 bits per heavy atom. The van der Waals surface area contributed by atoms with Crippen molar-refractivity contribution in [1.29, 1.82) is 0 Å². The molecule has 0 heterocycles. The van der Waals surface area contributed by atoms with Crippen LogP contribution in [0.1, 0.15) is 149 Å². The van der Waals surface area contributed by atoms with Gasteiger partial charge in [0.15, 0.2) is 0 Å². The topological polar surface area (TPSA) is 0 Å². The summed E-state index contributed by atoms with van der Waals surface area (Å²) in [5, 5.41) is 0. The van der Waals surface area contributed by atoms with Gasteiger partial charge in [0.1, 0.15) is 0 Å². The molecule has 0 saturated carbocycles. The van der Waals surface area contributed by atoms with Gasteiger partial charge in [0, 0.05) is 0 Å². The monoisotopic (exact) mass is 1730 g/mol. The van der Waals surface area contributed by atoms with E-state index in [1.807, 2.05) is 0 Å². The minimum atomic E-state index is 1.05. The van der Waals surface area contributed by atoms with Crippen molar-refractivity contribution in [2.75, 3.05) is 0 Å². The molecule has 133 heavy (non-hydrogen) atoms. The Balaban J connectivity index is 0.000000136. The highest BCUT2D eigenvalue weighted by molar-refractivity contribution is 5.82.